The molecule has 0 aromatic heterocycles. The first-order valence-electron chi connectivity index (χ1n) is 5.60. The second-order valence-electron chi connectivity index (χ2n) is 5.43. The molecule has 0 aromatic carbocycles. The molecule has 17 heavy (non-hydrogen) atoms. The van der Waals surface area contributed by atoms with E-state index in [9.17, 15) is 13.6 Å². The van der Waals surface area contributed by atoms with Crippen molar-refractivity contribution in [2.75, 3.05) is 6.54 Å². The second kappa shape index (κ2) is 6.86. The number of rotatable bonds is 6. The van der Waals surface area contributed by atoms with Gasteiger partial charge in [-0.2, -0.15) is 0 Å². The number of amides is 1. The summed E-state index contributed by atoms with van der Waals surface area (Å²) in [4.78, 5) is 11.3. The minimum Gasteiger partial charge on any atom is -0.385 e. The lowest BCUT2D eigenvalue weighted by Gasteiger charge is -2.22. The summed E-state index contributed by atoms with van der Waals surface area (Å²) in [6.45, 7) is 5.57. The highest BCUT2D eigenvalue weighted by Gasteiger charge is 2.20. The second-order valence-corrected chi connectivity index (χ2v) is 5.43. The van der Waals surface area contributed by atoms with Gasteiger partial charge in [-0.1, -0.05) is 20.8 Å². The average Bonchev–Trinajstić information content (AvgIpc) is 2.10. The normalized spacial score (nSPS) is 15.8. The molecular formula is C11H22F2N2O2. The van der Waals surface area contributed by atoms with Crippen LogP contribution in [0.1, 0.15) is 33.6 Å². The Morgan fingerprint density at radius 2 is 1.94 bits per heavy atom. The molecule has 102 valence electrons. The van der Waals surface area contributed by atoms with Crippen molar-refractivity contribution in [1.82, 2.24) is 5.32 Å². The number of carbonyl (C=O) groups is 1. The van der Waals surface area contributed by atoms with Crippen molar-refractivity contribution >= 4 is 5.91 Å². The molecule has 0 aromatic rings. The molecule has 0 aliphatic heterocycles. The number of carbonyl (C=O) groups excluding carboxylic acids is 1. The molecule has 0 spiro atoms. The van der Waals surface area contributed by atoms with Crippen molar-refractivity contribution < 1.29 is 18.7 Å². The highest BCUT2D eigenvalue weighted by molar-refractivity contribution is 5.76. The lowest BCUT2D eigenvalue weighted by Crippen LogP contribution is -2.39. The van der Waals surface area contributed by atoms with E-state index in [1.807, 2.05) is 20.8 Å². The van der Waals surface area contributed by atoms with Gasteiger partial charge in [0.15, 0.2) is 0 Å². The number of nitrogens with one attached hydrogen (secondary N) is 1. The summed E-state index contributed by atoms with van der Waals surface area (Å²) in [6, 6.07) is -0.307. The van der Waals surface area contributed by atoms with Gasteiger partial charge in [0.1, 0.15) is 6.10 Å². The lowest BCUT2D eigenvalue weighted by atomic mass is 9.87. The predicted molar refractivity (Wildman–Crippen MR) is 61.7 cm³/mol. The summed E-state index contributed by atoms with van der Waals surface area (Å²) in [7, 11) is 0. The molecule has 0 aliphatic carbocycles. The monoisotopic (exact) mass is 252 g/mol. The molecule has 0 rings (SSSR count). The van der Waals surface area contributed by atoms with E-state index < -0.39 is 25.0 Å². The summed E-state index contributed by atoms with van der Waals surface area (Å²) < 4.78 is 23.9. The third-order valence-corrected chi connectivity index (χ3v) is 2.12. The summed E-state index contributed by atoms with van der Waals surface area (Å²) in [5.74, 6) is -0.415. The van der Waals surface area contributed by atoms with Gasteiger partial charge in [0, 0.05) is 19.0 Å². The van der Waals surface area contributed by atoms with Gasteiger partial charge in [-0.05, 0) is 11.8 Å². The van der Waals surface area contributed by atoms with E-state index >= 15 is 0 Å². The highest BCUT2D eigenvalue weighted by atomic mass is 19.3. The molecule has 1 amide bonds. The smallest absolute Gasteiger partial charge is 0.265 e. The van der Waals surface area contributed by atoms with Crippen molar-refractivity contribution in [3.05, 3.63) is 0 Å². The van der Waals surface area contributed by atoms with Gasteiger partial charge in [0.2, 0.25) is 5.91 Å². The van der Waals surface area contributed by atoms with Crippen molar-refractivity contribution in [3.63, 3.8) is 0 Å². The van der Waals surface area contributed by atoms with E-state index in [1.165, 1.54) is 0 Å². The van der Waals surface area contributed by atoms with E-state index in [-0.39, 0.29) is 17.9 Å². The lowest BCUT2D eigenvalue weighted by molar-refractivity contribution is -0.122. The number of hydrogen-bond acceptors (Lipinski definition) is 3. The Morgan fingerprint density at radius 1 is 1.41 bits per heavy atom. The number of halogens is 2. The van der Waals surface area contributed by atoms with Crippen LogP contribution in [0.25, 0.3) is 0 Å². The van der Waals surface area contributed by atoms with Crippen LogP contribution in [0.2, 0.25) is 0 Å². The maximum absolute atomic E-state index is 11.9. The molecule has 6 heteroatoms. The van der Waals surface area contributed by atoms with Crippen molar-refractivity contribution in [1.29, 1.82) is 0 Å². The Morgan fingerprint density at radius 3 is 2.35 bits per heavy atom. The molecule has 0 bridgehead atoms. The molecule has 2 atom stereocenters. The van der Waals surface area contributed by atoms with E-state index in [2.05, 4.69) is 5.32 Å². The van der Waals surface area contributed by atoms with E-state index in [0.29, 0.717) is 6.42 Å². The number of aliphatic hydroxyl groups excluding tert-OH is 1. The van der Waals surface area contributed by atoms with Crippen molar-refractivity contribution in [2.45, 2.75) is 52.2 Å². The first-order chi connectivity index (χ1) is 7.61. The number of alkyl halides is 2. The van der Waals surface area contributed by atoms with Gasteiger partial charge in [-0.3, -0.25) is 4.79 Å². The van der Waals surface area contributed by atoms with Crippen LogP contribution in [0.15, 0.2) is 0 Å². The van der Waals surface area contributed by atoms with Gasteiger partial charge >= 0.3 is 0 Å². The fourth-order valence-electron chi connectivity index (χ4n) is 1.48. The standard InChI is InChI=1S/C11H22F2N2O2/c1-11(2,3)5-7(14)4-9(17)15-6-8(16)10(12)13/h7-8,10,16H,4-6,14H2,1-3H3,(H,15,17). The van der Waals surface area contributed by atoms with Gasteiger partial charge in [-0.15, -0.1) is 0 Å². The van der Waals surface area contributed by atoms with E-state index in [0.717, 1.165) is 0 Å². The number of aliphatic hydroxyl groups is 1. The Labute approximate surface area is 101 Å². The third-order valence-electron chi connectivity index (χ3n) is 2.12. The third kappa shape index (κ3) is 9.00. The maximum Gasteiger partial charge on any atom is 0.265 e. The first-order valence-corrected chi connectivity index (χ1v) is 5.60. The maximum atomic E-state index is 11.9. The molecule has 0 fully saturated rings. The average molecular weight is 252 g/mol. The molecule has 0 radical (unpaired) electrons. The SMILES string of the molecule is CC(C)(C)CC(N)CC(=O)NCC(O)C(F)F. The molecule has 2 unspecified atom stereocenters. The molecule has 0 saturated carbocycles. The number of hydrogen-bond donors (Lipinski definition) is 3. The van der Waals surface area contributed by atoms with Crippen LogP contribution in [0, 0.1) is 5.41 Å². The summed E-state index contributed by atoms with van der Waals surface area (Å²) in [6.07, 6.45) is -3.93. The zero-order chi connectivity index (χ0) is 13.6. The zero-order valence-electron chi connectivity index (χ0n) is 10.5. The molecule has 4 nitrogen and oxygen atoms in total. The van der Waals surface area contributed by atoms with Crippen LogP contribution in [0.3, 0.4) is 0 Å². The Hall–Kier alpha value is -0.750. The summed E-state index contributed by atoms with van der Waals surface area (Å²) in [5, 5.41) is 11.0. The Balaban J connectivity index is 3.87. The van der Waals surface area contributed by atoms with E-state index in [4.69, 9.17) is 10.8 Å². The Kier molecular flexibility index (Phi) is 6.56. The van der Waals surface area contributed by atoms with Crippen LogP contribution >= 0.6 is 0 Å². The van der Waals surface area contributed by atoms with Crippen molar-refractivity contribution in [2.24, 2.45) is 11.1 Å². The fourth-order valence-corrected chi connectivity index (χ4v) is 1.48. The van der Waals surface area contributed by atoms with Crippen molar-refractivity contribution in [3.8, 4) is 0 Å². The summed E-state index contributed by atoms with van der Waals surface area (Å²) >= 11 is 0. The van der Waals surface area contributed by atoms with Gasteiger partial charge < -0.3 is 16.2 Å². The molecule has 0 aliphatic rings. The summed E-state index contributed by atoms with van der Waals surface area (Å²) in [5.41, 5.74) is 5.77. The molecular weight excluding hydrogens is 230 g/mol. The fraction of sp³-hybridized carbons (Fsp3) is 0.909. The van der Waals surface area contributed by atoms with Gasteiger partial charge in [-0.25, -0.2) is 8.78 Å². The molecule has 0 saturated heterocycles. The van der Waals surface area contributed by atoms with Crippen LogP contribution in [-0.4, -0.2) is 36.1 Å². The van der Waals surface area contributed by atoms with E-state index in [1.54, 1.807) is 0 Å². The van der Waals surface area contributed by atoms with Crippen LogP contribution < -0.4 is 11.1 Å². The van der Waals surface area contributed by atoms with Crippen LogP contribution in [0.4, 0.5) is 8.78 Å². The largest absolute Gasteiger partial charge is 0.385 e. The quantitative estimate of drug-likeness (QED) is 0.657. The minimum absolute atomic E-state index is 0.0161. The first kappa shape index (κ1) is 16.2. The minimum atomic E-state index is -2.85. The number of nitrogens with two attached hydrogens (primary N) is 1. The molecule has 0 heterocycles. The zero-order valence-corrected chi connectivity index (χ0v) is 10.5. The predicted octanol–water partition coefficient (Wildman–Crippen LogP) is 0.882. The topological polar surface area (TPSA) is 75.4 Å². The van der Waals surface area contributed by atoms with Crippen LogP contribution in [-0.2, 0) is 4.79 Å². The Bertz CT molecular complexity index is 242. The van der Waals surface area contributed by atoms with Gasteiger partial charge in [0.25, 0.3) is 6.43 Å². The van der Waals surface area contributed by atoms with Crippen LogP contribution in [0.5, 0.6) is 0 Å². The highest BCUT2D eigenvalue weighted by Crippen LogP contribution is 2.20. The van der Waals surface area contributed by atoms with Gasteiger partial charge in [0.05, 0.1) is 0 Å². The molecule has 4 N–H and O–H groups in total.